The van der Waals surface area contributed by atoms with Crippen LogP contribution in [0.3, 0.4) is 0 Å². The minimum absolute atomic E-state index is 0.0120. The molecule has 0 saturated carbocycles. The molecule has 2 saturated heterocycles. The summed E-state index contributed by atoms with van der Waals surface area (Å²) < 4.78 is 84.6. The summed E-state index contributed by atoms with van der Waals surface area (Å²) in [4.78, 5) is 28.6. The molecular weight excluding hydrogens is 552 g/mol. The monoisotopic (exact) mass is 585 g/mol. The zero-order valence-corrected chi connectivity index (χ0v) is 22.6. The third-order valence-corrected chi connectivity index (χ3v) is 7.66. The molecule has 2 aromatic carbocycles. The molecule has 2 aromatic rings. The number of benzene rings is 2. The summed E-state index contributed by atoms with van der Waals surface area (Å²) in [6, 6.07) is 12.1. The number of hydrogen-bond donors (Lipinski definition) is 1. The maximum absolute atomic E-state index is 13.5. The lowest BCUT2D eigenvalue weighted by atomic mass is 9.86. The number of alkyl halides is 6. The fourth-order valence-corrected chi connectivity index (χ4v) is 5.50. The number of carbonyl (C=O) groups excluding carboxylic acids is 2. The van der Waals surface area contributed by atoms with E-state index in [4.69, 9.17) is 4.74 Å². The number of hydrogen-bond acceptors (Lipinski definition) is 4. The van der Waals surface area contributed by atoms with Crippen LogP contribution in [-0.2, 0) is 27.1 Å². The van der Waals surface area contributed by atoms with Gasteiger partial charge in [-0.2, -0.15) is 26.3 Å². The van der Waals surface area contributed by atoms with Crippen LogP contribution >= 0.6 is 0 Å². The van der Waals surface area contributed by atoms with Gasteiger partial charge in [-0.1, -0.05) is 30.3 Å². The summed E-state index contributed by atoms with van der Waals surface area (Å²) >= 11 is 0. The van der Waals surface area contributed by atoms with Crippen molar-refractivity contribution in [1.82, 2.24) is 9.80 Å². The zero-order valence-electron chi connectivity index (χ0n) is 22.6. The summed E-state index contributed by atoms with van der Waals surface area (Å²) in [5.74, 6) is -0.431. The highest BCUT2D eigenvalue weighted by Crippen LogP contribution is 2.35. The Hall–Kier alpha value is -3.28. The van der Waals surface area contributed by atoms with Crippen molar-refractivity contribution in [3.8, 4) is 0 Å². The van der Waals surface area contributed by atoms with Crippen LogP contribution in [0, 0.1) is 5.92 Å². The Morgan fingerprint density at radius 2 is 1.59 bits per heavy atom. The van der Waals surface area contributed by atoms with Crippen molar-refractivity contribution in [1.29, 1.82) is 0 Å². The molecule has 2 heterocycles. The average molecular weight is 586 g/mol. The summed E-state index contributed by atoms with van der Waals surface area (Å²) in [7, 11) is 0. The Labute approximate surface area is 234 Å². The number of rotatable bonds is 7. The number of carbonyl (C=O) groups is 2. The highest BCUT2D eigenvalue weighted by Gasteiger charge is 2.37. The predicted octanol–water partition coefficient (Wildman–Crippen LogP) is 5.84. The molecule has 224 valence electrons. The first-order valence-electron chi connectivity index (χ1n) is 13.5. The molecular formula is C29H33F6N3O3. The number of nitrogens with one attached hydrogen (secondary N) is 1. The largest absolute Gasteiger partial charge is 0.416 e. The Kier molecular flexibility index (Phi) is 9.51. The van der Waals surface area contributed by atoms with Gasteiger partial charge in [-0.15, -0.1) is 0 Å². The second-order valence-corrected chi connectivity index (χ2v) is 10.6. The highest BCUT2D eigenvalue weighted by atomic mass is 19.4. The molecule has 0 unspecified atom stereocenters. The molecule has 0 spiro atoms. The van der Waals surface area contributed by atoms with E-state index in [0.29, 0.717) is 51.5 Å². The molecule has 0 bridgehead atoms. The first-order valence-corrected chi connectivity index (χ1v) is 13.5. The number of anilines is 1. The van der Waals surface area contributed by atoms with Crippen LogP contribution in [0.5, 0.6) is 0 Å². The van der Waals surface area contributed by atoms with Crippen molar-refractivity contribution in [2.24, 2.45) is 5.92 Å². The third-order valence-electron chi connectivity index (χ3n) is 7.66. The molecule has 12 heteroatoms. The van der Waals surface area contributed by atoms with Gasteiger partial charge in [-0.05, 0) is 48.6 Å². The van der Waals surface area contributed by atoms with Crippen molar-refractivity contribution in [2.45, 2.75) is 57.2 Å². The molecule has 6 nitrogen and oxygen atoms in total. The van der Waals surface area contributed by atoms with E-state index in [1.165, 1.54) is 13.0 Å². The van der Waals surface area contributed by atoms with Crippen molar-refractivity contribution in [2.75, 3.05) is 38.0 Å². The van der Waals surface area contributed by atoms with Gasteiger partial charge in [0.05, 0.1) is 18.3 Å². The van der Waals surface area contributed by atoms with Gasteiger partial charge in [-0.3, -0.25) is 9.59 Å². The standard InChI is InChI=1S/C29H33F6N3O3/c1-19(39)37-10-7-22(8-11-37)27(40)38-12-9-26(25(16-38)21-5-3-2-4-6-21)41-17-20-13-23(29(33,34)35)15-24(14-20)36-18-28(30,31)32/h2-6,13-15,22,25-26,36H,7-12,16-18H2,1H3/t25-,26-/m0/s1. The van der Waals surface area contributed by atoms with E-state index in [1.54, 1.807) is 9.80 Å². The molecule has 2 fully saturated rings. The summed E-state index contributed by atoms with van der Waals surface area (Å²) in [6.45, 7) is 1.63. The Morgan fingerprint density at radius 3 is 2.20 bits per heavy atom. The highest BCUT2D eigenvalue weighted by molar-refractivity contribution is 5.80. The lowest BCUT2D eigenvalue weighted by Gasteiger charge is -2.41. The molecule has 0 aliphatic carbocycles. The lowest BCUT2D eigenvalue weighted by molar-refractivity contribution is -0.143. The second-order valence-electron chi connectivity index (χ2n) is 10.6. The number of piperidine rings is 2. The van der Waals surface area contributed by atoms with Gasteiger partial charge in [0.25, 0.3) is 0 Å². The maximum atomic E-state index is 13.5. The topological polar surface area (TPSA) is 61.9 Å². The number of amides is 2. The van der Waals surface area contributed by atoms with E-state index < -0.39 is 30.6 Å². The molecule has 0 aromatic heterocycles. The van der Waals surface area contributed by atoms with Crippen LogP contribution in [0.1, 0.15) is 48.8 Å². The minimum atomic E-state index is -4.75. The third kappa shape index (κ3) is 8.37. The molecule has 2 aliphatic heterocycles. The van der Waals surface area contributed by atoms with Crippen LogP contribution in [0.4, 0.5) is 32.0 Å². The zero-order chi connectivity index (χ0) is 29.8. The second kappa shape index (κ2) is 12.7. The van der Waals surface area contributed by atoms with Crippen molar-refractivity contribution in [3.63, 3.8) is 0 Å². The predicted molar refractivity (Wildman–Crippen MR) is 140 cm³/mol. The molecule has 0 radical (unpaired) electrons. The molecule has 1 N–H and O–H groups in total. The maximum Gasteiger partial charge on any atom is 0.416 e. The SMILES string of the molecule is CC(=O)N1CCC(C(=O)N2CC[C@H](OCc3cc(NCC(F)(F)F)cc(C(F)(F)F)c3)[C@H](c3ccccc3)C2)CC1. The normalized spacial score (nSPS) is 20.7. The first-order chi connectivity index (χ1) is 19.3. The summed E-state index contributed by atoms with van der Waals surface area (Å²) in [6.07, 6.45) is -8.15. The molecule has 4 rings (SSSR count). The van der Waals surface area contributed by atoms with Crippen LogP contribution < -0.4 is 5.32 Å². The van der Waals surface area contributed by atoms with E-state index in [2.05, 4.69) is 0 Å². The van der Waals surface area contributed by atoms with Gasteiger partial charge in [0.2, 0.25) is 11.8 Å². The van der Waals surface area contributed by atoms with E-state index in [-0.39, 0.29) is 41.5 Å². The van der Waals surface area contributed by atoms with E-state index >= 15 is 0 Å². The Bertz CT molecular complexity index is 1200. The average Bonchev–Trinajstić information content (AvgIpc) is 2.94. The lowest BCUT2D eigenvalue weighted by Crippen LogP contribution is -2.49. The van der Waals surface area contributed by atoms with Gasteiger partial charge in [-0.25, -0.2) is 0 Å². The van der Waals surface area contributed by atoms with Gasteiger partial charge >= 0.3 is 12.4 Å². The smallest absolute Gasteiger partial charge is 0.376 e. The minimum Gasteiger partial charge on any atom is -0.376 e. The van der Waals surface area contributed by atoms with Crippen LogP contribution in [0.15, 0.2) is 48.5 Å². The first kappa shape index (κ1) is 30.7. The van der Waals surface area contributed by atoms with Gasteiger partial charge in [0.1, 0.15) is 6.54 Å². The van der Waals surface area contributed by atoms with Crippen molar-refractivity contribution < 1.29 is 40.7 Å². The Balaban J connectivity index is 1.47. The van der Waals surface area contributed by atoms with Crippen LogP contribution in [0.2, 0.25) is 0 Å². The van der Waals surface area contributed by atoms with E-state index in [1.807, 2.05) is 35.6 Å². The van der Waals surface area contributed by atoms with Crippen LogP contribution in [0.25, 0.3) is 0 Å². The summed E-state index contributed by atoms with van der Waals surface area (Å²) in [5.41, 5.74) is -0.365. The number of ether oxygens (including phenoxy) is 1. The van der Waals surface area contributed by atoms with Crippen LogP contribution in [-0.4, -0.2) is 66.6 Å². The summed E-state index contributed by atoms with van der Waals surface area (Å²) in [5, 5.41) is 2.02. The van der Waals surface area contributed by atoms with Gasteiger partial charge < -0.3 is 19.9 Å². The number of nitrogens with zero attached hydrogens (tertiary/aromatic N) is 2. The van der Waals surface area contributed by atoms with Crippen molar-refractivity contribution >= 4 is 17.5 Å². The fraction of sp³-hybridized carbons (Fsp3) is 0.517. The Morgan fingerprint density at radius 1 is 0.927 bits per heavy atom. The van der Waals surface area contributed by atoms with E-state index in [9.17, 15) is 35.9 Å². The molecule has 41 heavy (non-hydrogen) atoms. The molecule has 2 atom stereocenters. The number of halogens is 6. The molecule has 2 aliphatic rings. The van der Waals surface area contributed by atoms with Gasteiger partial charge in [0, 0.05) is 50.6 Å². The fourth-order valence-electron chi connectivity index (χ4n) is 5.50. The quantitative estimate of drug-likeness (QED) is 0.415. The van der Waals surface area contributed by atoms with Crippen molar-refractivity contribution in [3.05, 3.63) is 65.2 Å². The van der Waals surface area contributed by atoms with Gasteiger partial charge in [0.15, 0.2) is 0 Å². The number of likely N-dealkylation sites (tertiary alicyclic amines) is 2. The molecule has 2 amide bonds. The van der Waals surface area contributed by atoms with E-state index in [0.717, 1.165) is 11.6 Å².